The molecule has 134 valence electrons. The molecule has 0 fully saturated rings. The normalized spacial score (nSPS) is 10.8. The number of benzene rings is 2. The van der Waals surface area contributed by atoms with Gasteiger partial charge >= 0.3 is 6.09 Å². The van der Waals surface area contributed by atoms with Gasteiger partial charge in [0.05, 0.1) is 16.7 Å². The predicted octanol–water partition coefficient (Wildman–Crippen LogP) is 2.74. The van der Waals surface area contributed by atoms with E-state index in [1.54, 1.807) is 6.07 Å². The summed E-state index contributed by atoms with van der Waals surface area (Å²) in [6, 6.07) is 13.4. The van der Waals surface area contributed by atoms with E-state index in [9.17, 15) is 9.59 Å². The van der Waals surface area contributed by atoms with Gasteiger partial charge in [0.25, 0.3) is 5.91 Å². The number of carbonyl (C=O) groups is 2. The number of hydrogen-bond donors (Lipinski definition) is 3. The first kappa shape index (κ1) is 17.8. The van der Waals surface area contributed by atoms with E-state index < -0.39 is 12.0 Å². The number of carbonyl (C=O) groups excluding carboxylic acids is 1. The van der Waals surface area contributed by atoms with Gasteiger partial charge in [-0.2, -0.15) is 9.10 Å². The van der Waals surface area contributed by atoms with Gasteiger partial charge < -0.3 is 10.8 Å². The first-order chi connectivity index (χ1) is 12.4. The Kier molecular flexibility index (Phi) is 4.83. The summed E-state index contributed by atoms with van der Waals surface area (Å²) < 4.78 is 1.66. The summed E-state index contributed by atoms with van der Waals surface area (Å²) in [5, 5.41) is 13.6. The number of nitrogen functional groups attached to an aromatic ring is 1. The van der Waals surface area contributed by atoms with Crippen LogP contribution >= 0.6 is 11.9 Å². The lowest BCUT2D eigenvalue weighted by Crippen LogP contribution is -2.31. The zero-order chi connectivity index (χ0) is 18.8. The molecule has 1 aromatic heterocycles. The van der Waals surface area contributed by atoms with E-state index in [-0.39, 0.29) is 11.6 Å². The molecule has 1 amide bonds. The van der Waals surface area contributed by atoms with Crippen LogP contribution in [0.25, 0.3) is 22.0 Å². The van der Waals surface area contributed by atoms with Crippen LogP contribution in [-0.2, 0) is 0 Å². The maximum Gasteiger partial charge on any atom is 0.432 e. The van der Waals surface area contributed by atoms with Gasteiger partial charge in [-0.3, -0.25) is 4.79 Å². The molecule has 0 aliphatic heterocycles. The zero-order valence-electron chi connectivity index (χ0n) is 13.9. The van der Waals surface area contributed by atoms with E-state index in [1.165, 1.54) is 4.68 Å². The van der Waals surface area contributed by atoms with Crippen molar-refractivity contribution < 1.29 is 14.7 Å². The molecule has 1 heterocycles. The van der Waals surface area contributed by atoms with Crippen molar-refractivity contribution in [2.75, 3.05) is 11.5 Å². The smallest absolute Gasteiger partial charge is 0.432 e. The van der Waals surface area contributed by atoms with Crippen molar-refractivity contribution in [1.82, 2.24) is 14.2 Å². The highest BCUT2D eigenvalue weighted by atomic mass is 32.2. The zero-order valence-corrected chi connectivity index (χ0v) is 14.7. The molecule has 0 unspecified atom stereocenters. The van der Waals surface area contributed by atoms with Crippen LogP contribution in [0.5, 0.6) is 0 Å². The monoisotopic (exact) mass is 371 g/mol. The highest BCUT2D eigenvalue weighted by Gasteiger charge is 2.19. The Balaban J connectivity index is 1.99. The summed E-state index contributed by atoms with van der Waals surface area (Å²) in [5.41, 5.74) is 9.61. The molecule has 3 aromatic rings. The van der Waals surface area contributed by atoms with Crippen LogP contribution in [0.3, 0.4) is 0 Å². The summed E-state index contributed by atoms with van der Waals surface area (Å²) in [6.45, 7) is 2.00. The van der Waals surface area contributed by atoms with Gasteiger partial charge in [0.2, 0.25) is 0 Å². The Hall–Kier alpha value is -3.04. The molecular weight excluding hydrogens is 354 g/mol. The molecule has 0 saturated heterocycles. The quantitative estimate of drug-likeness (QED) is 0.278. The largest absolute Gasteiger partial charge is 0.463 e. The maximum atomic E-state index is 12.4. The fourth-order valence-corrected chi connectivity index (χ4v) is 3.08. The van der Waals surface area contributed by atoms with Crippen LogP contribution in [-0.4, -0.2) is 37.1 Å². The predicted molar refractivity (Wildman–Crippen MR) is 101 cm³/mol. The molecule has 0 spiro atoms. The molecule has 0 aliphatic rings. The van der Waals surface area contributed by atoms with Crippen molar-refractivity contribution in [1.29, 1.82) is 0 Å². The van der Waals surface area contributed by atoms with Crippen LogP contribution in [0.4, 0.5) is 10.6 Å². The van der Waals surface area contributed by atoms with Crippen molar-refractivity contribution in [3.05, 3.63) is 48.0 Å². The minimum absolute atomic E-state index is 0.187. The highest BCUT2D eigenvalue weighted by Crippen LogP contribution is 2.32. The van der Waals surface area contributed by atoms with Gasteiger partial charge in [-0.1, -0.05) is 42.0 Å². The SMILES string of the molecule is Cc1ccc(-c2cccc3c2c(N)nn3C(=O)CSN(N)C(=O)O)cc1. The molecular formula is C17H17N5O3S. The van der Waals surface area contributed by atoms with Crippen LogP contribution in [0.1, 0.15) is 10.4 Å². The van der Waals surface area contributed by atoms with Crippen LogP contribution in [0.2, 0.25) is 0 Å². The van der Waals surface area contributed by atoms with E-state index in [1.807, 2.05) is 43.3 Å². The molecule has 0 bridgehead atoms. The van der Waals surface area contributed by atoms with Gasteiger partial charge in [0, 0.05) is 0 Å². The second-order valence-corrected chi connectivity index (χ2v) is 6.58. The Morgan fingerprint density at radius 2 is 1.92 bits per heavy atom. The summed E-state index contributed by atoms with van der Waals surface area (Å²) in [6.07, 6.45) is -1.34. The Labute approximate surface area is 153 Å². The molecule has 2 aromatic carbocycles. The minimum Gasteiger partial charge on any atom is -0.463 e. The van der Waals surface area contributed by atoms with Gasteiger partial charge in [-0.05, 0) is 36.1 Å². The molecule has 0 aliphatic carbocycles. The average molecular weight is 371 g/mol. The number of aromatic nitrogens is 2. The number of amides is 1. The standard InChI is InChI=1S/C17H17N5O3S/c1-10-5-7-11(8-6-10)12-3-2-4-13-15(12)16(18)20-21(13)14(23)9-26-22(19)17(24)25/h2-8H,9,19H2,1H3,(H2,18,20)(H,24,25). The molecule has 9 heteroatoms. The summed E-state index contributed by atoms with van der Waals surface area (Å²) in [4.78, 5) is 23.2. The van der Waals surface area contributed by atoms with Crippen LogP contribution in [0, 0.1) is 6.92 Å². The lowest BCUT2D eigenvalue weighted by atomic mass is 10.0. The molecule has 3 rings (SSSR count). The van der Waals surface area contributed by atoms with Crippen molar-refractivity contribution in [2.45, 2.75) is 6.92 Å². The van der Waals surface area contributed by atoms with Crippen molar-refractivity contribution in [2.24, 2.45) is 5.84 Å². The van der Waals surface area contributed by atoms with Crippen molar-refractivity contribution >= 4 is 40.7 Å². The fourth-order valence-electron chi connectivity index (χ4n) is 2.60. The molecule has 8 nitrogen and oxygen atoms in total. The maximum absolute atomic E-state index is 12.4. The van der Waals surface area contributed by atoms with Gasteiger partial charge in [0.15, 0.2) is 5.82 Å². The molecule has 0 saturated carbocycles. The molecule has 0 radical (unpaired) electrons. The number of fused-ring (bicyclic) bond motifs is 1. The third kappa shape index (κ3) is 3.35. The number of anilines is 1. The number of nitrogens with zero attached hydrogens (tertiary/aromatic N) is 3. The Bertz CT molecular complexity index is 984. The number of hydrazine groups is 1. The lowest BCUT2D eigenvalue weighted by Gasteiger charge is -2.10. The Morgan fingerprint density at radius 3 is 2.58 bits per heavy atom. The number of rotatable bonds is 4. The molecule has 26 heavy (non-hydrogen) atoms. The topological polar surface area (TPSA) is 127 Å². The molecule has 5 N–H and O–H groups in total. The van der Waals surface area contributed by atoms with E-state index in [4.69, 9.17) is 16.7 Å². The summed E-state index contributed by atoms with van der Waals surface area (Å²) in [5.74, 6) is 4.89. The third-order valence-corrected chi connectivity index (χ3v) is 4.66. The minimum atomic E-state index is -1.34. The third-order valence-electron chi connectivity index (χ3n) is 3.85. The average Bonchev–Trinajstić information content (AvgIpc) is 2.97. The van der Waals surface area contributed by atoms with Crippen molar-refractivity contribution in [3.63, 3.8) is 0 Å². The lowest BCUT2D eigenvalue weighted by molar-refractivity contribution is 0.0932. The summed E-state index contributed by atoms with van der Waals surface area (Å²) >= 11 is 0.668. The van der Waals surface area contributed by atoms with Gasteiger partial charge in [-0.25, -0.2) is 10.6 Å². The van der Waals surface area contributed by atoms with E-state index in [2.05, 4.69) is 5.10 Å². The van der Waals surface area contributed by atoms with Gasteiger partial charge in [0.1, 0.15) is 0 Å². The fraction of sp³-hybridized carbons (Fsp3) is 0.118. The van der Waals surface area contributed by atoms with E-state index in [0.29, 0.717) is 27.3 Å². The number of aryl methyl sites for hydroxylation is 1. The first-order valence-electron chi connectivity index (χ1n) is 7.66. The molecule has 0 atom stereocenters. The van der Waals surface area contributed by atoms with E-state index >= 15 is 0 Å². The second-order valence-electron chi connectivity index (χ2n) is 5.64. The number of nitrogens with two attached hydrogens (primary N) is 2. The van der Waals surface area contributed by atoms with Crippen LogP contribution in [0.15, 0.2) is 42.5 Å². The summed E-state index contributed by atoms with van der Waals surface area (Å²) in [7, 11) is 0. The highest BCUT2D eigenvalue weighted by molar-refractivity contribution is 7.98. The number of hydrogen-bond acceptors (Lipinski definition) is 6. The van der Waals surface area contributed by atoms with Crippen molar-refractivity contribution in [3.8, 4) is 11.1 Å². The number of carboxylic acid groups (broad SMARTS) is 1. The Morgan fingerprint density at radius 1 is 1.23 bits per heavy atom. The van der Waals surface area contributed by atoms with Gasteiger partial charge in [-0.15, -0.1) is 5.10 Å². The van der Waals surface area contributed by atoms with E-state index in [0.717, 1.165) is 16.7 Å². The van der Waals surface area contributed by atoms with Crippen LogP contribution < -0.4 is 11.6 Å². The second kappa shape index (κ2) is 7.06. The first-order valence-corrected chi connectivity index (χ1v) is 8.61.